The maximum atomic E-state index is 5.71. The zero-order valence-electron chi connectivity index (χ0n) is 11.7. The first-order valence-corrected chi connectivity index (χ1v) is 6.71. The average molecular weight is 259 g/mol. The molecule has 2 nitrogen and oxygen atoms in total. The topological polar surface area (TPSA) is 15.6 Å². The fourth-order valence-corrected chi connectivity index (χ4v) is 2.34. The predicted molar refractivity (Wildman–Crippen MR) is 87.7 cm³/mol. The summed E-state index contributed by atoms with van der Waals surface area (Å²) in [4.78, 5) is 1.82. The summed E-state index contributed by atoms with van der Waals surface area (Å²) in [6.07, 6.45) is 8.64. The smallest absolute Gasteiger partial charge is 0.212 e. The van der Waals surface area contributed by atoms with Gasteiger partial charge in [0.25, 0.3) is 0 Å². The van der Waals surface area contributed by atoms with Gasteiger partial charge < -0.3 is 4.92 Å². The van der Waals surface area contributed by atoms with Crippen LogP contribution in [0.15, 0.2) is 71.9 Å². The van der Waals surface area contributed by atoms with Gasteiger partial charge in [-0.15, -0.1) is 0 Å². The molecule has 0 spiro atoms. The lowest BCUT2D eigenvalue weighted by Gasteiger charge is -2.22. The summed E-state index contributed by atoms with van der Waals surface area (Å²) in [5.74, 6) is 0. The molecule has 1 aromatic rings. The molecule has 4 heteroatoms. The normalized spacial score (nSPS) is 19.2. The van der Waals surface area contributed by atoms with Crippen molar-refractivity contribution in [3.8, 4) is 0 Å². The Hall–Kier alpha value is -1.96. The summed E-state index contributed by atoms with van der Waals surface area (Å²) >= 11 is 0. The molecular weight excluding hydrogens is 242 g/mol. The van der Waals surface area contributed by atoms with Gasteiger partial charge in [0.15, 0.2) is 0 Å². The first-order valence-electron chi connectivity index (χ1n) is 6.71. The highest BCUT2D eigenvalue weighted by Gasteiger charge is 2.27. The van der Waals surface area contributed by atoms with Gasteiger partial charge in [-0.2, -0.15) is 5.10 Å². The van der Waals surface area contributed by atoms with E-state index in [-0.39, 0.29) is 6.04 Å². The van der Waals surface area contributed by atoms with Gasteiger partial charge in [-0.3, -0.25) is 0 Å². The largest absolute Gasteiger partial charge is 0.349 e. The molecule has 0 saturated carbocycles. The molecule has 1 aromatic carbocycles. The molecule has 1 aliphatic heterocycles. The minimum absolute atomic E-state index is 0.162. The minimum Gasteiger partial charge on any atom is -0.349 e. The van der Waals surface area contributed by atoms with Crippen LogP contribution >= 0.6 is 0 Å². The lowest BCUT2D eigenvalue weighted by molar-refractivity contribution is 0.399. The van der Waals surface area contributed by atoms with E-state index in [0.29, 0.717) is 0 Å². The van der Waals surface area contributed by atoms with Crippen LogP contribution in [0.25, 0.3) is 0 Å². The Kier molecular flexibility index (Phi) is 5.05. The van der Waals surface area contributed by atoms with Crippen LogP contribution in [0.5, 0.6) is 0 Å². The quantitative estimate of drug-likeness (QED) is 0.585. The van der Waals surface area contributed by atoms with E-state index in [1.54, 1.807) is 6.08 Å². The second kappa shape index (κ2) is 6.99. The van der Waals surface area contributed by atoms with Crippen LogP contribution < -0.4 is 0 Å². The molecule has 0 aliphatic carbocycles. The van der Waals surface area contributed by atoms with Gasteiger partial charge in [-0.1, -0.05) is 61.2 Å². The first-order chi connectivity index (χ1) is 9.80. The monoisotopic (exact) mass is 259 g/mol. The van der Waals surface area contributed by atoms with Crippen LogP contribution in [0.4, 0.5) is 0 Å². The van der Waals surface area contributed by atoms with Crippen molar-refractivity contribution in [2.75, 3.05) is 0 Å². The van der Waals surface area contributed by atoms with Crippen molar-refractivity contribution in [2.45, 2.75) is 19.4 Å². The molecule has 0 aromatic heterocycles. The molecule has 1 atom stereocenters. The molecule has 97 valence electrons. The van der Waals surface area contributed by atoms with E-state index in [2.05, 4.69) is 23.8 Å². The Bertz CT molecular complexity index is 547. The Balaban J connectivity index is 2.27. The van der Waals surface area contributed by atoms with Crippen LogP contribution in [-0.4, -0.2) is 25.7 Å². The zero-order chi connectivity index (χ0) is 14.4. The molecule has 1 unspecified atom stereocenters. The van der Waals surface area contributed by atoms with E-state index in [0.717, 1.165) is 17.7 Å². The Morgan fingerprint density at radius 1 is 1.45 bits per heavy atom. The standard InChI is InChI=1S/C16H17B2N2/c1-3-8-13(9-4-2)15-12-16(20(18-17)19-15)14-10-6-5-7-11-14/h3-11,16H,1,12H2,2H3/b9-4-,13-8+. The second-order valence-electron chi connectivity index (χ2n) is 4.56. The van der Waals surface area contributed by atoms with Crippen molar-refractivity contribution >= 4 is 20.8 Å². The van der Waals surface area contributed by atoms with E-state index in [1.807, 2.05) is 48.3 Å². The first kappa shape index (κ1) is 14.4. The lowest BCUT2D eigenvalue weighted by atomic mass is 9.65. The SMILES string of the molecule is [B][B]N1N=C(C(/C=C\C)=C/C=C)CC1c1ccccc1. The van der Waals surface area contributed by atoms with E-state index in [1.165, 1.54) is 12.9 Å². The highest BCUT2D eigenvalue weighted by Crippen LogP contribution is 2.31. The second-order valence-corrected chi connectivity index (χ2v) is 4.56. The molecule has 20 heavy (non-hydrogen) atoms. The average Bonchev–Trinajstić information content (AvgIpc) is 2.92. The van der Waals surface area contributed by atoms with E-state index in [4.69, 9.17) is 7.74 Å². The van der Waals surface area contributed by atoms with Crippen LogP contribution in [0.2, 0.25) is 0 Å². The molecule has 1 heterocycles. The van der Waals surface area contributed by atoms with Gasteiger partial charge >= 0.3 is 0 Å². The Morgan fingerprint density at radius 3 is 2.80 bits per heavy atom. The number of allylic oxidation sites excluding steroid dienone is 5. The van der Waals surface area contributed by atoms with Gasteiger partial charge in [0.1, 0.15) is 0 Å². The molecule has 2 rings (SSSR count). The number of hydrazone groups is 1. The minimum atomic E-state index is 0.162. The number of hydrogen-bond donors (Lipinski definition) is 0. The molecule has 0 saturated heterocycles. The summed E-state index contributed by atoms with van der Waals surface area (Å²) in [5.41, 5.74) is 3.32. The van der Waals surface area contributed by atoms with E-state index >= 15 is 0 Å². The number of nitrogens with zero attached hydrogens (tertiary/aromatic N) is 2. The summed E-state index contributed by atoms with van der Waals surface area (Å²) in [6, 6.07) is 10.5. The fourth-order valence-electron chi connectivity index (χ4n) is 2.34. The lowest BCUT2D eigenvalue weighted by Crippen LogP contribution is -2.23. The van der Waals surface area contributed by atoms with Crippen LogP contribution in [-0.2, 0) is 0 Å². The van der Waals surface area contributed by atoms with Gasteiger partial charge in [0, 0.05) is 14.2 Å². The third kappa shape index (κ3) is 3.13. The van der Waals surface area contributed by atoms with Crippen molar-refractivity contribution in [1.82, 2.24) is 4.92 Å². The summed E-state index contributed by atoms with van der Waals surface area (Å²) in [6.45, 7) is 5.75. The van der Waals surface area contributed by atoms with Crippen LogP contribution in [0.3, 0.4) is 0 Å². The van der Waals surface area contributed by atoms with Crippen LogP contribution in [0.1, 0.15) is 24.9 Å². The molecule has 3 radical (unpaired) electrons. The number of benzene rings is 1. The van der Waals surface area contributed by atoms with Crippen molar-refractivity contribution < 1.29 is 0 Å². The van der Waals surface area contributed by atoms with Crippen molar-refractivity contribution in [1.29, 1.82) is 0 Å². The third-order valence-electron chi connectivity index (χ3n) is 3.26. The van der Waals surface area contributed by atoms with Crippen molar-refractivity contribution in [3.05, 3.63) is 72.4 Å². The van der Waals surface area contributed by atoms with Crippen molar-refractivity contribution in [2.24, 2.45) is 5.10 Å². The Morgan fingerprint density at radius 2 is 2.20 bits per heavy atom. The number of hydrogen-bond acceptors (Lipinski definition) is 2. The van der Waals surface area contributed by atoms with Gasteiger partial charge in [0.05, 0.1) is 11.8 Å². The van der Waals surface area contributed by atoms with E-state index in [9.17, 15) is 0 Å². The highest BCUT2D eigenvalue weighted by molar-refractivity contribution is 6.87. The van der Waals surface area contributed by atoms with E-state index < -0.39 is 0 Å². The molecular formula is C16H17B2N2. The Labute approximate surface area is 123 Å². The summed E-state index contributed by atoms with van der Waals surface area (Å²) in [5, 5.41) is 4.60. The maximum Gasteiger partial charge on any atom is 0.212 e. The molecule has 1 aliphatic rings. The molecule has 0 amide bonds. The summed E-state index contributed by atoms with van der Waals surface area (Å²) < 4.78 is 0. The van der Waals surface area contributed by atoms with Gasteiger partial charge in [0.2, 0.25) is 7.31 Å². The van der Waals surface area contributed by atoms with Crippen LogP contribution in [0, 0.1) is 0 Å². The zero-order valence-corrected chi connectivity index (χ0v) is 11.7. The molecule has 0 N–H and O–H groups in total. The molecule has 0 fully saturated rings. The fraction of sp³-hybridized carbons (Fsp3) is 0.188. The highest BCUT2D eigenvalue weighted by atomic mass is 15.4. The van der Waals surface area contributed by atoms with Crippen molar-refractivity contribution in [3.63, 3.8) is 0 Å². The van der Waals surface area contributed by atoms with Gasteiger partial charge in [-0.05, 0) is 18.1 Å². The summed E-state index contributed by atoms with van der Waals surface area (Å²) in [7, 11) is 7.24. The maximum absolute atomic E-state index is 5.71. The third-order valence-corrected chi connectivity index (χ3v) is 3.26. The van der Waals surface area contributed by atoms with Gasteiger partial charge in [-0.25, -0.2) is 0 Å². The number of rotatable bonds is 5. The molecule has 0 bridgehead atoms. The predicted octanol–water partition coefficient (Wildman–Crippen LogP) is 3.18.